The van der Waals surface area contributed by atoms with Crippen molar-refractivity contribution in [2.24, 2.45) is 0 Å². The van der Waals surface area contributed by atoms with Gasteiger partial charge in [0.2, 0.25) is 17.1 Å². The minimum atomic E-state index is -4.72. The molecule has 4 nitrogen and oxygen atoms in total. The largest absolute Gasteiger partial charge is 0.484 e. The SMILES string of the molecule is CC(=O)OC1(C)COC(C(F)(F)F)=CC1=O. The molecule has 16 heavy (non-hydrogen) atoms. The summed E-state index contributed by atoms with van der Waals surface area (Å²) < 4.78 is 45.5. The molecule has 0 radical (unpaired) electrons. The van der Waals surface area contributed by atoms with Gasteiger partial charge >= 0.3 is 12.1 Å². The quantitative estimate of drug-likeness (QED) is 0.647. The Kier molecular flexibility index (Phi) is 2.98. The van der Waals surface area contributed by atoms with Gasteiger partial charge in [0.25, 0.3) is 0 Å². The van der Waals surface area contributed by atoms with Crippen LogP contribution in [-0.4, -0.2) is 30.1 Å². The third-order valence-corrected chi connectivity index (χ3v) is 1.93. The van der Waals surface area contributed by atoms with Crippen molar-refractivity contribution in [3.63, 3.8) is 0 Å². The Morgan fingerprint density at radius 1 is 1.56 bits per heavy atom. The Balaban J connectivity index is 2.91. The number of hydrogen-bond acceptors (Lipinski definition) is 4. The maximum Gasteiger partial charge on any atom is 0.449 e. The molecule has 0 saturated carbocycles. The van der Waals surface area contributed by atoms with Crippen molar-refractivity contribution >= 4 is 11.8 Å². The van der Waals surface area contributed by atoms with Crippen molar-refractivity contribution in [2.45, 2.75) is 25.6 Å². The topological polar surface area (TPSA) is 52.6 Å². The van der Waals surface area contributed by atoms with E-state index in [2.05, 4.69) is 9.47 Å². The Morgan fingerprint density at radius 3 is 2.50 bits per heavy atom. The molecular weight excluding hydrogens is 229 g/mol. The smallest absolute Gasteiger partial charge is 0.449 e. The number of allylic oxidation sites excluding steroid dienone is 1. The van der Waals surface area contributed by atoms with Crippen molar-refractivity contribution in [2.75, 3.05) is 6.61 Å². The van der Waals surface area contributed by atoms with E-state index in [0.717, 1.165) is 6.92 Å². The molecule has 0 saturated heterocycles. The van der Waals surface area contributed by atoms with Crippen LogP contribution in [0.15, 0.2) is 11.8 Å². The van der Waals surface area contributed by atoms with E-state index in [1.807, 2.05) is 0 Å². The molecule has 0 amide bonds. The predicted molar refractivity (Wildman–Crippen MR) is 45.3 cm³/mol. The first kappa shape index (κ1) is 12.5. The fraction of sp³-hybridized carbons (Fsp3) is 0.556. The van der Waals surface area contributed by atoms with E-state index in [1.165, 1.54) is 6.92 Å². The summed E-state index contributed by atoms with van der Waals surface area (Å²) in [4.78, 5) is 22.0. The van der Waals surface area contributed by atoms with E-state index >= 15 is 0 Å². The Morgan fingerprint density at radius 2 is 2.12 bits per heavy atom. The summed E-state index contributed by atoms with van der Waals surface area (Å²) >= 11 is 0. The zero-order valence-electron chi connectivity index (χ0n) is 8.55. The molecule has 1 aliphatic heterocycles. The maximum absolute atomic E-state index is 12.2. The molecule has 1 rings (SSSR count). The molecule has 0 aromatic carbocycles. The molecule has 7 heteroatoms. The Bertz CT molecular complexity index is 358. The minimum Gasteiger partial charge on any atom is -0.484 e. The lowest BCUT2D eigenvalue weighted by Crippen LogP contribution is -2.47. The van der Waals surface area contributed by atoms with E-state index in [4.69, 9.17) is 0 Å². The number of carbonyl (C=O) groups excluding carboxylic acids is 2. The van der Waals surface area contributed by atoms with Gasteiger partial charge in [0.1, 0.15) is 6.61 Å². The van der Waals surface area contributed by atoms with Crippen LogP contribution in [0.4, 0.5) is 13.2 Å². The second-order valence-electron chi connectivity index (χ2n) is 3.48. The lowest BCUT2D eigenvalue weighted by Gasteiger charge is -2.30. The molecule has 1 heterocycles. The van der Waals surface area contributed by atoms with Crippen molar-refractivity contribution in [1.29, 1.82) is 0 Å². The molecule has 1 unspecified atom stereocenters. The van der Waals surface area contributed by atoms with Crippen LogP contribution in [0.5, 0.6) is 0 Å². The lowest BCUT2D eigenvalue weighted by molar-refractivity contribution is -0.178. The highest BCUT2D eigenvalue weighted by Gasteiger charge is 2.46. The second kappa shape index (κ2) is 3.80. The van der Waals surface area contributed by atoms with Gasteiger partial charge < -0.3 is 9.47 Å². The molecule has 0 fully saturated rings. The monoisotopic (exact) mass is 238 g/mol. The minimum absolute atomic E-state index is 0.298. The highest BCUT2D eigenvalue weighted by atomic mass is 19.4. The molecular formula is C9H9F3O4. The molecule has 1 atom stereocenters. The van der Waals surface area contributed by atoms with Crippen molar-refractivity contribution in [3.05, 3.63) is 11.8 Å². The van der Waals surface area contributed by atoms with E-state index in [9.17, 15) is 22.8 Å². The molecule has 90 valence electrons. The number of ether oxygens (including phenoxy) is 2. The van der Waals surface area contributed by atoms with Gasteiger partial charge in [0, 0.05) is 13.0 Å². The summed E-state index contributed by atoms with van der Waals surface area (Å²) in [7, 11) is 0. The first-order valence-corrected chi connectivity index (χ1v) is 4.31. The number of hydrogen-bond donors (Lipinski definition) is 0. The molecule has 1 aliphatic rings. The van der Waals surface area contributed by atoms with Gasteiger partial charge in [-0.05, 0) is 6.92 Å². The van der Waals surface area contributed by atoms with Crippen LogP contribution in [0.1, 0.15) is 13.8 Å². The molecule has 0 spiro atoms. The van der Waals surface area contributed by atoms with Crippen LogP contribution >= 0.6 is 0 Å². The van der Waals surface area contributed by atoms with E-state index in [0.29, 0.717) is 6.08 Å². The summed E-state index contributed by atoms with van der Waals surface area (Å²) in [5.41, 5.74) is -1.68. The molecule has 0 N–H and O–H groups in total. The van der Waals surface area contributed by atoms with Crippen LogP contribution in [0.3, 0.4) is 0 Å². The van der Waals surface area contributed by atoms with Crippen LogP contribution in [0, 0.1) is 0 Å². The van der Waals surface area contributed by atoms with Crippen molar-refractivity contribution < 1.29 is 32.2 Å². The molecule has 0 aromatic heterocycles. The lowest BCUT2D eigenvalue weighted by atomic mass is 9.99. The standard InChI is InChI=1S/C9H9F3O4/c1-5(13)16-8(2)4-15-7(3-6(8)14)9(10,11)12/h3H,4H2,1-2H3. The number of halogens is 3. The normalized spacial score (nSPS) is 25.8. The van der Waals surface area contributed by atoms with E-state index < -0.39 is 35.9 Å². The first-order chi connectivity index (χ1) is 7.15. The summed E-state index contributed by atoms with van der Waals surface area (Å²) in [5.74, 6) is -3.08. The predicted octanol–water partition coefficient (Wildman–Crippen LogP) is 1.35. The summed E-state index contributed by atoms with van der Waals surface area (Å²) in [6, 6.07) is 0. The number of ketones is 1. The van der Waals surface area contributed by atoms with Crippen molar-refractivity contribution in [3.8, 4) is 0 Å². The average molecular weight is 238 g/mol. The van der Waals surface area contributed by atoms with Crippen molar-refractivity contribution in [1.82, 2.24) is 0 Å². The molecule has 0 bridgehead atoms. The van der Waals surface area contributed by atoms with Crippen LogP contribution in [-0.2, 0) is 19.1 Å². The number of carbonyl (C=O) groups is 2. The fourth-order valence-corrected chi connectivity index (χ4v) is 1.16. The van der Waals surface area contributed by atoms with Crippen LogP contribution in [0.25, 0.3) is 0 Å². The first-order valence-electron chi connectivity index (χ1n) is 4.31. The fourth-order valence-electron chi connectivity index (χ4n) is 1.16. The van der Waals surface area contributed by atoms with Crippen LogP contribution < -0.4 is 0 Å². The van der Waals surface area contributed by atoms with E-state index in [1.54, 1.807) is 0 Å². The van der Waals surface area contributed by atoms with Gasteiger partial charge in [-0.1, -0.05) is 0 Å². The van der Waals surface area contributed by atoms with Gasteiger partial charge in [-0.15, -0.1) is 0 Å². The Labute approximate surface area is 89.0 Å². The third kappa shape index (κ3) is 2.53. The van der Waals surface area contributed by atoms with Gasteiger partial charge in [0.15, 0.2) is 0 Å². The van der Waals surface area contributed by atoms with E-state index in [-0.39, 0.29) is 0 Å². The second-order valence-corrected chi connectivity index (χ2v) is 3.48. The average Bonchev–Trinajstić information content (AvgIpc) is 2.06. The highest BCUT2D eigenvalue weighted by molar-refractivity contribution is 5.99. The van der Waals surface area contributed by atoms with Crippen LogP contribution in [0.2, 0.25) is 0 Å². The van der Waals surface area contributed by atoms with Gasteiger partial charge in [-0.2, -0.15) is 13.2 Å². The number of alkyl halides is 3. The summed E-state index contributed by atoms with van der Waals surface area (Å²) in [6.45, 7) is 1.61. The van der Waals surface area contributed by atoms with Gasteiger partial charge in [0.05, 0.1) is 0 Å². The number of esters is 1. The molecule has 0 aliphatic carbocycles. The highest BCUT2D eigenvalue weighted by Crippen LogP contribution is 2.32. The third-order valence-electron chi connectivity index (χ3n) is 1.93. The summed E-state index contributed by atoms with van der Waals surface area (Å²) in [5, 5.41) is 0. The molecule has 0 aromatic rings. The summed E-state index contributed by atoms with van der Waals surface area (Å²) in [6.07, 6.45) is -4.42. The zero-order valence-corrected chi connectivity index (χ0v) is 8.55. The Hall–Kier alpha value is -1.53. The van der Waals surface area contributed by atoms with Gasteiger partial charge in [-0.25, -0.2) is 0 Å². The maximum atomic E-state index is 12.2. The number of rotatable bonds is 1. The zero-order chi connectivity index (χ0) is 12.6. The van der Waals surface area contributed by atoms with Gasteiger partial charge in [-0.3, -0.25) is 9.59 Å².